The second-order valence-corrected chi connectivity index (χ2v) is 6.24. The normalized spacial score (nSPS) is 17.0. The lowest BCUT2D eigenvalue weighted by atomic mass is 9.98. The Bertz CT molecular complexity index is 576. The lowest BCUT2D eigenvalue weighted by Gasteiger charge is -2.31. The molecule has 0 spiro atoms. The van der Waals surface area contributed by atoms with Crippen molar-refractivity contribution in [3.8, 4) is 5.75 Å². The first kappa shape index (κ1) is 19.1. The average Bonchev–Trinajstić information content (AvgIpc) is 2.63. The van der Waals surface area contributed by atoms with Crippen molar-refractivity contribution in [2.24, 2.45) is 5.92 Å². The smallest absolute Gasteiger partial charge is 0.317 e. The molecule has 1 aliphatic rings. The van der Waals surface area contributed by atoms with Crippen molar-refractivity contribution in [2.75, 3.05) is 32.8 Å². The molecule has 6 heteroatoms. The number of ether oxygens (including phenoxy) is 2. The van der Waals surface area contributed by atoms with Crippen molar-refractivity contribution in [1.82, 2.24) is 10.2 Å². The van der Waals surface area contributed by atoms with Crippen LogP contribution >= 0.6 is 0 Å². The quantitative estimate of drug-likeness (QED) is 0.608. The minimum absolute atomic E-state index is 0.120. The molecule has 25 heavy (non-hydrogen) atoms. The van der Waals surface area contributed by atoms with Crippen LogP contribution in [0.3, 0.4) is 0 Å². The monoisotopic (exact) mass is 348 g/mol. The number of benzene rings is 1. The summed E-state index contributed by atoms with van der Waals surface area (Å²) in [5.74, 6) is 0.470. The molecule has 0 radical (unpaired) electrons. The summed E-state index contributed by atoms with van der Waals surface area (Å²) in [6.45, 7) is 6.40. The van der Waals surface area contributed by atoms with E-state index in [0.717, 1.165) is 30.6 Å². The van der Waals surface area contributed by atoms with Gasteiger partial charge in [0.1, 0.15) is 5.75 Å². The Hall–Kier alpha value is -2.24. The van der Waals surface area contributed by atoms with Crippen molar-refractivity contribution < 1.29 is 19.1 Å². The molecule has 1 atom stereocenters. The van der Waals surface area contributed by atoms with Crippen LogP contribution in [0.25, 0.3) is 0 Å². The van der Waals surface area contributed by atoms with Crippen LogP contribution in [-0.2, 0) is 9.53 Å². The van der Waals surface area contributed by atoms with E-state index in [0.29, 0.717) is 32.8 Å². The average molecular weight is 348 g/mol. The Morgan fingerprint density at radius 2 is 2.12 bits per heavy atom. The zero-order valence-electron chi connectivity index (χ0n) is 15.1. The standard InChI is InChI=1S/C19H28N2O4/c1-3-24-18(22)16-9-6-12-21(14-16)19(23)20-11-7-13-25-17-10-5-4-8-15(17)2/h4-5,8,10,16H,3,6-7,9,11-14H2,1-2H3,(H,20,23). The first-order chi connectivity index (χ1) is 12.1. The van der Waals surface area contributed by atoms with E-state index < -0.39 is 0 Å². The third kappa shape index (κ3) is 5.96. The number of aryl methyl sites for hydroxylation is 1. The van der Waals surface area contributed by atoms with Crippen LogP contribution in [0.4, 0.5) is 4.79 Å². The molecule has 1 fully saturated rings. The Morgan fingerprint density at radius 3 is 2.88 bits per heavy atom. The Morgan fingerprint density at radius 1 is 1.32 bits per heavy atom. The van der Waals surface area contributed by atoms with E-state index in [1.165, 1.54) is 0 Å². The van der Waals surface area contributed by atoms with Gasteiger partial charge < -0.3 is 19.7 Å². The van der Waals surface area contributed by atoms with Crippen LogP contribution in [-0.4, -0.2) is 49.7 Å². The molecule has 138 valence electrons. The number of para-hydroxylation sites is 1. The molecule has 1 aliphatic heterocycles. The highest BCUT2D eigenvalue weighted by molar-refractivity contribution is 5.77. The zero-order chi connectivity index (χ0) is 18.1. The van der Waals surface area contributed by atoms with Gasteiger partial charge in [-0.1, -0.05) is 18.2 Å². The summed E-state index contributed by atoms with van der Waals surface area (Å²) >= 11 is 0. The zero-order valence-corrected chi connectivity index (χ0v) is 15.1. The summed E-state index contributed by atoms with van der Waals surface area (Å²) in [4.78, 5) is 25.8. The van der Waals surface area contributed by atoms with Crippen molar-refractivity contribution in [3.63, 3.8) is 0 Å². The number of likely N-dealkylation sites (tertiary alicyclic amines) is 1. The number of carbonyl (C=O) groups excluding carboxylic acids is 2. The first-order valence-electron chi connectivity index (χ1n) is 8.99. The number of hydrogen-bond acceptors (Lipinski definition) is 4. The first-order valence-corrected chi connectivity index (χ1v) is 8.99. The highest BCUT2D eigenvalue weighted by Crippen LogP contribution is 2.18. The van der Waals surface area contributed by atoms with E-state index in [9.17, 15) is 9.59 Å². The Kier molecular flexibility index (Phi) is 7.57. The van der Waals surface area contributed by atoms with Crippen molar-refractivity contribution in [2.45, 2.75) is 33.1 Å². The molecule has 1 saturated heterocycles. The van der Waals surface area contributed by atoms with E-state index >= 15 is 0 Å². The van der Waals surface area contributed by atoms with Gasteiger partial charge in [0.2, 0.25) is 0 Å². The van der Waals surface area contributed by atoms with E-state index in [-0.39, 0.29) is 17.9 Å². The second-order valence-electron chi connectivity index (χ2n) is 6.24. The van der Waals surface area contributed by atoms with E-state index in [1.54, 1.807) is 11.8 Å². The summed E-state index contributed by atoms with van der Waals surface area (Å²) in [7, 11) is 0. The fourth-order valence-corrected chi connectivity index (χ4v) is 2.89. The highest BCUT2D eigenvalue weighted by Gasteiger charge is 2.29. The van der Waals surface area contributed by atoms with Crippen LogP contribution in [0.1, 0.15) is 31.7 Å². The van der Waals surface area contributed by atoms with E-state index in [1.807, 2.05) is 31.2 Å². The lowest BCUT2D eigenvalue weighted by Crippen LogP contribution is -2.47. The highest BCUT2D eigenvalue weighted by atomic mass is 16.5. The number of rotatable bonds is 7. The third-order valence-corrected chi connectivity index (χ3v) is 4.28. The van der Waals surface area contributed by atoms with Gasteiger partial charge in [0, 0.05) is 19.6 Å². The number of esters is 1. The van der Waals surface area contributed by atoms with Crippen LogP contribution in [0, 0.1) is 12.8 Å². The molecule has 1 unspecified atom stereocenters. The van der Waals surface area contributed by atoms with Gasteiger partial charge in [-0.05, 0) is 44.7 Å². The minimum atomic E-state index is -0.205. The van der Waals surface area contributed by atoms with Gasteiger partial charge in [-0.25, -0.2) is 4.79 Å². The third-order valence-electron chi connectivity index (χ3n) is 4.28. The largest absolute Gasteiger partial charge is 0.493 e. The van der Waals surface area contributed by atoms with Gasteiger partial charge >= 0.3 is 12.0 Å². The molecule has 1 aromatic carbocycles. The molecule has 0 aliphatic carbocycles. The molecule has 2 rings (SSSR count). The van der Waals surface area contributed by atoms with Gasteiger partial charge in [-0.2, -0.15) is 0 Å². The molecule has 6 nitrogen and oxygen atoms in total. The fraction of sp³-hybridized carbons (Fsp3) is 0.579. The fourth-order valence-electron chi connectivity index (χ4n) is 2.89. The summed E-state index contributed by atoms with van der Waals surface area (Å²) in [5.41, 5.74) is 1.10. The van der Waals surface area contributed by atoms with Crippen molar-refractivity contribution in [3.05, 3.63) is 29.8 Å². The molecule has 0 bridgehead atoms. The van der Waals surface area contributed by atoms with Crippen molar-refractivity contribution in [1.29, 1.82) is 0 Å². The molecule has 0 saturated carbocycles. The van der Waals surface area contributed by atoms with Crippen LogP contribution in [0.2, 0.25) is 0 Å². The molecule has 1 aromatic rings. The van der Waals surface area contributed by atoms with Crippen LogP contribution in [0.5, 0.6) is 5.75 Å². The molecular formula is C19H28N2O4. The molecule has 1 heterocycles. The summed E-state index contributed by atoms with van der Waals surface area (Å²) < 4.78 is 10.8. The van der Waals surface area contributed by atoms with Gasteiger partial charge in [0.25, 0.3) is 0 Å². The number of nitrogens with one attached hydrogen (secondary N) is 1. The predicted octanol–water partition coefficient (Wildman–Crippen LogP) is 2.75. The molecule has 1 N–H and O–H groups in total. The number of nitrogens with zero attached hydrogens (tertiary/aromatic N) is 1. The predicted molar refractivity (Wildman–Crippen MR) is 95.6 cm³/mol. The Labute approximate surface area is 149 Å². The van der Waals surface area contributed by atoms with Crippen LogP contribution in [0.15, 0.2) is 24.3 Å². The van der Waals surface area contributed by atoms with Gasteiger partial charge in [-0.3, -0.25) is 4.79 Å². The maximum Gasteiger partial charge on any atom is 0.317 e. The number of amides is 2. The number of carbonyl (C=O) groups is 2. The maximum atomic E-state index is 12.2. The number of piperidine rings is 1. The summed E-state index contributed by atoms with van der Waals surface area (Å²) in [6, 6.07) is 7.75. The topological polar surface area (TPSA) is 67.9 Å². The lowest BCUT2D eigenvalue weighted by molar-refractivity contribution is -0.149. The SMILES string of the molecule is CCOC(=O)C1CCCN(C(=O)NCCCOc2ccccc2C)C1. The molecular weight excluding hydrogens is 320 g/mol. The second kappa shape index (κ2) is 9.91. The Balaban J connectivity index is 1.66. The summed E-state index contributed by atoms with van der Waals surface area (Å²) in [6.07, 6.45) is 2.34. The van der Waals surface area contributed by atoms with Gasteiger partial charge in [0.15, 0.2) is 0 Å². The van der Waals surface area contributed by atoms with Gasteiger partial charge in [0.05, 0.1) is 19.1 Å². The molecule has 0 aromatic heterocycles. The van der Waals surface area contributed by atoms with Gasteiger partial charge in [-0.15, -0.1) is 0 Å². The van der Waals surface area contributed by atoms with E-state index in [2.05, 4.69) is 5.32 Å². The number of hydrogen-bond donors (Lipinski definition) is 1. The minimum Gasteiger partial charge on any atom is -0.493 e. The number of urea groups is 1. The van der Waals surface area contributed by atoms with Crippen LogP contribution < -0.4 is 10.1 Å². The maximum absolute atomic E-state index is 12.2. The van der Waals surface area contributed by atoms with E-state index in [4.69, 9.17) is 9.47 Å². The molecule has 2 amide bonds. The van der Waals surface area contributed by atoms with Crippen molar-refractivity contribution >= 4 is 12.0 Å². The summed E-state index contributed by atoms with van der Waals surface area (Å²) in [5, 5.41) is 2.90.